The Balaban J connectivity index is 1.52. The third-order valence-electron chi connectivity index (χ3n) is 4.37. The van der Waals surface area contributed by atoms with Gasteiger partial charge in [-0.1, -0.05) is 48.5 Å². The SMILES string of the molecule is c1ccc([C@@H](NCc2ccc(-n3ccnc3)cc2)c2ccccn2)cc1. The number of imidazole rings is 1. The van der Waals surface area contributed by atoms with E-state index in [1.54, 1.807) is 12.5 Å². The van der Waals surface area contributed by atoms with Gasteiger partial charge in [0, 0.05) is 30.8 Å². The van der Waals surface area contributed by atoms with Gasteiger partial charge in [0.15, 0.2) is 0 Å². The molecule has 0 fully saturated rings. The fraction of sp³-hybridized carbons (Fsp3) is 0.0909. The lowest BCUT2D eigenvalue weighted by atomic mass is 10.0. The van der Waals surface area contributed by atoms with E-state index >= 15 is 0 Å². The normalized spacial score (nSPS) is 12.0. The van der Waals surface area contributed by atoms with Crippen LogP contribution in [-0.2, 0) is 6.54 Å². The first-order valence-corrected chi connectivity index (χ1v) is 8.67. The minimum absolute atomic E-state index is 0.0609. The van der Waals surface area contributed by atoms with Crippen molar-refractivity contribution >= 4 is 0 Å². The number of nitrogens with zero attached hydrogens (tertiary/aromatic N) is 3. The highest BCUT2D eigenvalue weighted by atomic mass is 15.0. The van der Waals surface area contributed by atoms with Gasteiger partial charge in [0.1, 0.15) is 0 Å². The lowest BCUT2D eigenvalue weighted by Crippen LogP contribution is -2.22. The van der Waals surface area contributed by atoms with Crippen molar-refractivity contribution in [1.29, 1.82) is 0 Å². The molecule has 0 aliphatic rings. The van der Waals surface area contributed by atoms with Gasteiger partial charge in [0.2, 0.25) is 0 Å². The van der Waals surface area contributed by atoms with E-state index in [9.17, 15) is 0 Å². The zero-order chi connectivity index (χ0) is 17.6. The van der Waals surface area contributed by atoms with Gasteiger partial charge in [-0.15, -0.1) is 0 Å². The Morgan fingerprint density at radius 2 is 1.65 bits per heavy atom. The van der Waals surface area contributed by atoms with Crippen molar-refractivity contribution in [2.24, 2.45) is 0 Å². The summed E-state index contributed by atoms with van der Waals surface area (Å²) in [7, 11) is 0. The Morgan fingerprint density at radius 1 is 0.846 bits per heavy atom. The first-order chi connectivity index (χ1) is 12.9. The maximum atomic E-state index is 4.54. The average molecular weight is 340 g/mol. The molecule has 0 radical (unpaired) electrons. The summed E-state index contributed by atoms with van der Waals surface area (Å²) < 4.78 is 2.00. The van der Waals surface area contributed by atoms with Gasteiger partial charge in [-0.2, -0.15) is 0 Å². The zero-order valence-electron chi connectivity index (χ0n) is 14.4. The second-order valence-electron chi connectivity index (χ2n) is 6.12. The molecule has 26 heavy (non-hydrogen) atoms. The lowest BCUT2D eigenvalue weighted by molar-refractivity contribution is 0.592. The minimum Gasteiger partial charge on any atom is -0.306 e. The number of hydrogen-bond donors (Lipinski definition) is 1. The highest BCUT2D eigenvalue weighted by Crippen LogP contribution is 2.20. The number of aromatic nitrogens is 3. The maximum Gasteiger partial charge on any atom is 0.0991 e. The molecule has 0 unspecified atom stereocenters. The van der Waals surface area contributed by atoms with E-state index < -0.39 is 0 Å². The predicted octanol–water partition coefficient (Wildman–Crippen LogP) is 4.15. The molecule has 0 aliphatic heterocycles. The van der Waals surface area contributed by atoms with Crippen LogP contribution in [0.3, 0.4) is 0 Å². The predicted molar refractivity (Wildman–Crippen MR) is 103 cm³/mol. The van der Waals surface area contributed by atoms with E-state index in [1.807, 2.05) is 35.2 Å². The monoisotopic (exact) mass is 340 g/mol. The summed E-state index contributed by atoms with van der Waals surface area (Å²) in [6.07, 6.45) is 7.37. The van der Waals surface area contributed by atoms with Crippen molar-refractivity contribution in [2.75, 3.05) is 0 Å². The van der Waals surface area contributed by atoms with Crippen molar-refractivity contribution in [2.45, 2.75) is 12.6 Å². The molecule has 2 aromatic carbocycles. The summed E-state index contributed by atoms with van der Waals surface area (Å²) in [6, 6.07) is 25.0. The summed E-state index contributed by atoms with van der Waals surface area (Å²) in [5.74, 6) is 0. The quantitative estimate of drug-likeness (QED) is 0.573. The van der Waals surface area contributed by atoms with Crippen LogP contribution in [-0.4, -0.2) is 14.5 Å². The molecule has 0 amide bonds. The molecule has 1 N–H and O–H groups in total. The second-order valence-corrected chi connectivity index (χ2v) is 6.12. The molecule has 4 aromatic rings. The summed E-state index contributed by atoms with van der Waals surface area (Å²) in [5.41, 5.74) is 4.57. The van der Waals surface area contributed by atoms with E-state index in [2.05, 4.69) is 69.9 Å². The van der Waals surface area contributed by atoms with E-state index in [-0.39, 0.29) is 6.04 Å². The molecule has 4 heteroatoms. The standard InChI is InChI=1S/C22H20N4/c1-2-6-19(7-3-1)22(21-8-4-5-13-24-21)25-16-18-9-11-20(12-10-18)26-15-14-23-17-26/h1-15,17,22,25H,16H2/t22-/m1/s1. The molecule has 1 atom stereocenters. The molecular weight excluding hydrogens is 320 g/mol. The second kappa shape index (κ2) is 7.76. The number of rotatable bonds is 6. The van der Waals surface area contributed by atoms with Crippen LogP contribution >= 0.6 is 0 Å². The van der Waals surface area contributed by atoms with Crippen LogP contribution in [0.1, 0.15) is 22.9 Å². The molecule has 0 saturated carbocycles. The average Bonchev–Trinajstić information content (AvgIpc) is 3.25. The highest BCUT2D eigenvalue weighted by Gasteiger charge is 2.14. The van der Waals surface area contributed by atoms with E-state index in [0.29, 0.717) is 0 Å². The molecule has 4 rings (SSSR count). The van der Waals surface area contributed by atoms with Gasteiger partial charge in [-0.25, -0.2) is 4.98 Å². The molecule has 2 aromatic heterocycles. The summed E-state index contributed by atoms with van der Waals surface area (Å²) in [5, 5.41) is 3.64. The van der Waals surface area contributed by atoms with Crippen LogP contribution in [0.5, 0.6) is 0 Å². The van der Waals surface area contributed by atoms with Crippen LogP contribution < -0.4 is 5.32 Å². The number of nitrogens with one attached hydrogen (secondary N) is 1. The Hall–Kier alpha value is -3.24. The van der Waals surface area contributed by atoms with E-state index in [4.69, 9.17) is 0 Å². The minimum atomic E-state index is 0.0609. The van der Waals surface area contributed by atoms with Crippen molar-refractivity contribution in [3.05, 3.63) is 115 Å². The van der Waals surface area contributed by atoms with Crippen molar-refractivity contribution in [3.8, 4) is 5.69 Å². The van der Waals surface area contributed by atoms with Gasteiger partial charge in [-0.05, 0) is 35.4 Å². The van der Waals surface area contributed by atoms with Crippen molar-refractivity contribution in [3.63, 3.8) is 0 Å². The topological polar surface area (TPSA) is 42.7 Å². The van der Waals surface area contributed by atoms with Crippen LogP contribution in [0.2, 0.25) is 0 Å². The number of benzene rings is 2. The lowest BCUT2D eigenvalue weighted by Gasteiger charge is -2.19. The van der Waals surface area contributed by atoms with Gasteiger partial charge < -0.3 is 9.88 Å². The van der Waals surface area contributed by atoms with E-state index in [0.717, 1.165) is 17.9 Å². The first kappa shape index (κ1) is 16.2. The Kier molecular flexibility index (Phi) is 4.85. The van der Waals surface area contributed by atoms with Gasteiger partial charge in [-0.3, -0.25) is 4.98 Å². The molecular formula is C22H20N4. The van der Waals surface area contributed by atoms with Gasteiger partial charge >= 0.3 is 0 Å². The summed E-state index contributed by atoms with van der Waals surface area (Å²) in [4.78, 5) is 8.63. The van der Waals surface area contributed by atoms with Crippen LogP contribution in [0, 0.1) is 0 Å². The van der Waals surface area contributed by atoms with Crippen molar-refractivity contribution in [1.82, 2.24) is 19.9 Å². The number of hydrogen-bond acceptors (Lipinski definition) is 3. The fourth-order valence-corrected chi connectivity index (χ4v) is 3.00. The zero-order valence-corrected chi connectivity index (χ0v) is 14.4. The summed E-state index contributed by atoms with van der Waals surface area (Å²) in [6.45, 7) is 0.764. The first-order valence-electron chi connectivity index (χ1n) is 8.67. The number of pyridine rings is 1. The Morgan fingerprint density at radius 3 is 2.35 bits per heavy atom. The van der Waals surface area contributed by atoms with Crippen LogP contribution in [0.15, 0.2) is 97.7 Å². The molecule has 0 saturated heterocycles. The third-order valence-corrected chi connectivity index (χ3v) is 4.37. The Bertz CT molecular complexity index is 878. The van der Waals surface area contributed by atoms with Crippen LogP contribution in [0.4, 0.5) is 0 Å². The van der Waals surface area contributed by atoms with Crippen LogP contribution in [0.25, 0.3) is 5.69 Å². The van der Waals surface area contributed by atoms with Crippen molar-refractivity contribution < 1.29 is 0 Å². The fourth-order valence-electron chi connectivity index (χ4n) is 3.00. The van der Waals surface area contributed by atoms with E-state index in [1.165, 1.54) is 11.1 Å². The summed E-state index contributed by atoms with van der Waals surface area (Å²) >= 11 is 0. The van der Waals surface area contributed by atoms with Gasteiger partial charge in [0.05, 0.1) is 18.1 Å². The molecule has 4 nitrogen and oxygen atoms in total. The maximum absolute atomic E-state index is 4.54. The smallest absolute Gasteiger partial charge is 0.0991 e. The molecule has 0 bridgehead atoms. The molecule has 2 heterocycles. The highest BCUT2D eigenvalue weighted by molar-refractivity contribution is 5.35. The largest absolute Gasteiger partial charge is 0.306 e. The molecule has 0 spiro atoms. The Labute approximate surface area is 153 Å². The third kappa shape index (κ3) is 3.71. The molecule has 128 valence electrons. The molecule has 0 aliphatic carbocycles. The van der Waals surface area contributed by atoms with Gasteiger partial charge in [0.25, 0.3) is 0 Å².